The topological polar surface area (TPSA) is 74.7 Å². The number of benzene rings is 1. The molecule has 0 fully saturated rings. The average Bonchev–Trinajstić information content (AvgIpc) is 2.80. The maximum absolute atomic E-state index is 9.35. The minimum Gasteiger partial charge on any atom is -0.399 e. The van der Waals surface area contributed by atoms with E-state index in [9.17, 15) is 5.26 Å². The predicted octanol–water partition coefficient (Wildman–Crippen LogP) is 3.25. The van der Waals surface area contributed by atoms with Crippen molar-refractivity contribution in [2.75, 3.05) is 11.1 Å². The maximum Gasteiger partial charge on any atom is 0.103 e. The fourth-order valence-corrected chi connectivity index (χ4v) is 3.06. The van der Waals surface area contributed by atoms with Crippen LogP contribution in [0.25, 0.3) is 0 Å². The summed E-state index contributed by atoms with van der Waals surface area (Å²) < 4.78 is 0. The third kappa shape index (κ3) is 2.43. The van der Waals surface area contributed by atoms with Crippen LogP contribution >= 0.6 is 0 Å². The molecule has 3 N–H and O–H groups in total. The number of nitrogen functional groups attached to an aromatic ring is 1. The summed E-state index contributed by atoms with van der Waals surface area (Å²) in [5.41, 5.74) is 12.4. The summed E-state index contributed by atoms with van der Waals surface area (Å²) in [6.07, 6.45) is 2.03. The van der Waals surface area contributed by atoms with E-state index in [-0.39, 0.29) is 6.04 Å². The highest BCUT2D eigenvalue weighted by Gasteiger charge is 2.23. The van der Waals surface area contributed by atoms with E-state index in [1.165, 1.54) is 11.1 Å². The van der Waals surface area contributed by atoms with Crippen molar-refractivity contribution < 1.29 is 0 Å². The summed E-state index contributed by atoms with van der Waals surface area (Å²) in [7, 11) is 0. The highest BCUT2D eigenvalue weighted by Crippen LogP contribution is 2.35. The molecule has 1 atom stereocenters. The molecule has 1 aromatic carbocycles. The minimum absolute atomic E-state index is 0.230. The van der Waals surface area contributed by atoms with Crippen LogP contribution in [0.1, 0.15) is 40.5 Å². The lowest BCUT2D eigenvalue weighted by Crippen LogP contribution is -2.10. The van der Waals surface area contributed by atoms with Crippen molar-refractivity contribution in [3.8, 4) is 6.07 Å². The number of pyridine rings is 1. The molecule has 0 saturated carbocycles. The fourth-order valence-electron chi connectivity index (χ4n) is 3.06. The molecule has 3 rings (SSSR count). The first-order chi connectivity index (χ1) is 10.1. The van der Waals surface area contributed by atoms with E-state index in [2.05, 4.69) is 22.4 Å². The Morgan fingerprint density at radius 2 is 2.14 bits per heavy atom. The van der Waals surface area contributed by atoms with Crippen molar-refractivity contribution in [2.24, 2.45) is 0 Å². The van der Waals surface area contributed by atoms with E-state index in [1.54, 1.807) is 0 Å². The van der Waals surface area contributed by atoms with Gasteiger partial charge in [-0.3, -0.25) is 4.98 Å². The summed E-state index contributed by atoms with van der Waals surface area (Å²) in [6, 6.07) is 10.5. The molecular weight excluding hydrogens is 260 g/mol. The van der Waals surface area contributed by atoms with E-state index >= 15 is 0 Å². The van der Waals surface area contributed by atoms with Gasteiger partial charge in [-0.15, -0.1) is 0 Å². The lowest BCUT2D eigenvalue weighted by atomic mass is 10.1. The maximum atomic E-state index is 9.35. The molecule has 0 spiro atoms. The van der Waals surface area contributed by atoms with Gasteiger partial charge in [-0.2, -0.15) is 5.26 Å². The largest absolute Gasteiger partial charge is 0.399 e. The Morgan fingerprint density at radius 3 is 2.90 bits per heavy atom. The van der Waals surface area contributed by atoms with Crippen molar-refractivity contribution in [1.29, 1.82) is 5.26 Å². The smallest absolute Gasteiger partial charge is 0.103 e. The molecule has 1 aromatic heterocycles. The number of aryl methyl sites for hydroxylation is 3. The van der Waals surface area contributed by atoms with Crippen LogP contribution in [0.15, 0.2) is 24.3 Å². The Labute approximate surface area is 124 Å². The zero-order valence-electron chi connectivity index (χ0n) is 12.3. The van der Waals surface area contributed by atoms with Crippen LogP contribution in [0.4, 0.5) is 11.4 Å². The van der Waals surface area contributed by atoms with Gasteiger partial charge in [-0.1, -0.05) is 6.07 Å². The van der Waals surface area contributed by atoms with E-state index in [1.807, 2.05) is 32.0 Å². The summed E-state index contributed by atoms with van der Waals surface area (Å²) in [5, 5.41) is 12.9. The Balaban J connectivity index is 1.95. The van der Waals surface area contributed by atoms with E-state index < -0.39 is 0 Å². The quantitative estimate of drug-likeness (QED) is 0.827. The van der Waals surface area contributed by atoms with Gasteiger partial charge in [-0.25, -0.2) is 0 Å². The Morgan fingerprint density at radius 1 is 1.33 bits per heavy atom. The van der Waals surface area contributed by atoms with Crippen LogP contribution in [0.5, 0.6) is 0 Å². The SMILES string of the molecule is Cc1cc(NC2CCc3cc(N)ccc32)c(C#N)c(C)n1. The number of anilines is 2. The number of nitrogens with one attached hydrogen (secondary N) is 1. The van der Waals surface area contributed by atoms with Crippen LogP contribution in [0, 0.1) is 25.2 Å². The molecule has 4 heteroatoms. The number of hydrogen-bond donors (Lipinski definition) is 2. The molecule has 1 unspecified atom stereocenters. The van der Waals surface area contributed by atoms with Gasteiger partial charge >= 0.3 is 0 Å². The van der Waals surface area contributed by atoms with Gasteiger partial charge in [-0.05, 0) is 56.0 Å². The third-order valence-electron chi connectivity index (χ3n) is 4.01. The van der Waals surface area contributed by atoms with Crippen molar-refractivity contribution in [2.45, 2.75) is 32.7 Å². The van der Waals surface area contributed by atoms with E-state index in [0.29, 0.717) is 5.56 Å². The Hall–Kier alpha value is -2.54. The van der Waals surface area contributed by atoms with Gasteiger partial charge in [0.2, 0.25) is 0 Å². The number of aromatic nitrogens is 1. The second-order valence-corrected chi connectivity index (χ2v) is 5.58. The molecule has 0 radical (unpaired) electrons. The lowest BCUT2D eigenvalue weighted by molar-refractivity contribution is 0.761. The van der Waals surface area contributed by atoms with Gasteiger partial charge in [0.25, 0.3) is 0 Å². The van der Waals surface area contributed by atoms with Crippen molar-refractivity contribution in [3.63, 3.8) is 0 Å². The molecule has 2 aromatic rings. The zero-order chi connectivity index (χ0) is 15.0. The molecular formula is C17H18N4. The Bertz CT molecular complexity index is 743. The lowest BCUT2D eigenvalue weighted by Gasteiger charge is -2.18. The summed E-state index contributed by atoms with van der Waals surface area (Å²) in [5.74, 6) is 0. The molecule has 1 heterocycles. The summed E-state index contributed by atoms with van der Waals surface area (Å²) >= 11 is 0. The van der Waals surface area contributed by atoms with Crippen LogP contribution in [-0.4, -0.2) is 4.98 Å². The minimum atomic E-state index is 0.230. The highest BCUT2D eigenvalue weighted by molar-refractivity contribution is 5.62. The Kier molecular flexibility index (Phi) is 3.26. The van der Waals surface area contributed by atoms with Crippen molar-refractivity contribution in [3.05, 3.63) is 52.3 Å². The van der Waals surface area contributed by atoms with Gasteiger partial charge in [0, 0.05) is 11.4 Å². The first kappa shape index (κ1) is 13.4. The van der Waals surface area contributed by atoms with Crippen LogP contribution in [0.3, 0.4) is 0 Å². The molecule has 0 amide bonds. The summed E-state index contributed by atoms with van der Waals surface area (Å²) in [4.78, 5) is 4.36. The van der Waals surface area contributed by atoms with Gasteiger partial charge in [0.1, 0.15) is 6.07 Å². The highest BCUT2D eigenvalue weighted by atomic mass is 14.9. The molecule has 106 valence electrons. The number of rotatable bonds is 2. The molecule has 1 aliphatic rings. The van der Waals surface area contributed by atoms with Gasteiger partial charge in [0.15, 0.2) is 0 Å². The van der Waals surface area contributed by atoms with Crippen LogP contribution in [0.2, 0.25) is 0 Å². The summed E-state index contributed by atoms with van der Waals surface area (Å²) in [6.45, 7) is 3.82. The predicted molar refractivity (Wildman–Crippen MR) is 84.0 cm³/mol. The molecule has 4 nitrogen and oxygen atoms in total. The average molecular weight is 278 g/mol. The first-order valence-corrected chi connectivity index (χ1v) is 7.11. The molecule has 1 aliphatic carbocycles. The normalized spacial score (nSPS) is 16.3. The fraction of sp³-hybridized carbons (Fsp3) is 0.294. The van der Waals surface area contributed by atoms with Crippen LogP contribution in [-0.2, 0) is 6.42 Å². The standard InChI is InChI=1S/C17H18N4/c1-10-7-17(15(9-18)11(2)20-10)21-16-6-3-12-8-13(19)4-5-14(12)16/h4-5,7-8,16H,3,6,19H2,1-2H3,(H,20,21). The number of nitrogens with two attached hydrogens (primary N) is 1. The zero-order valence-corrected chi connectivity index (χ0v) is 12.3. The first-order valence-electron chi connectivity index (χ1n) is 7.11. The number of nitriles is 1. The molecule has 21 heavy (non-hydrogen) atoms. The monoisotopic (exact) mass is 278 g/mol. The van der Waals surface area contributed by atoms with Crippen molar-refractivity contribution in [1.82, 2.24) is 4.98 Å². The number of hydrogen-bond acceptors (Lipinski definition) is 4. The van der Waals surface area contributed by atoms with Gasteiger partial charge < -0.3 is 11.1 Å². The van der Waals surface area contributed by atoms with E-state index in [0.717, 1.165) is 35.6 Å². The van der Waals surface area contributed by atoms with Crippen molar-refractivity contribution >= 4 is 11.4 Å². The number of nitrogens with zero attached hydrogens (tertiary/aromatic N) is 2. The van der Waals surface area contributed by atoms with E-state index in [4.69, 9.17) is 5.73 Å². The second kappa shape index (κ2) is 5.10. The van der Waals surface area contributed by atoms with Crippen LogP contribution < -0.4 is 11.1 Å². The second-order valence-electron chi connectivity index (χ2n) is 5.58. The third-order valence-corrected chi connectivity index (χ3v) is 4.01. The number of fused-ring (bicyclic) bond motifs is 1. The van der Waals surface area contributed by atoms with Gasteiger partial charge in [0.05, 0.1) is 23.0 Å². The molecule has 0 saturated heterocycles. The molecule has 0 bridgehead atoms. The molecule has 0 aliphatic heterocycles.